The average molecular weight is 832 g/mol. The summed E-state index contributed by atoms with van der Waals surface area (Å²) in [7, 11) is 0.814. The second-order valence-electron chi connectivity index (χ2n) is 12.6. The van der Waals surface area contributed by atoms with Gasteiger partial charge in [0, 0.05) is 45.3 Å². The van der Waals surface area contributed by atoms with Crippen molar-refractivity contribution in [3.8, 4) is 11.5 Å². The van der Waals surface area contributed by atoms with Gasteiger partial charge in [-0.1, -0.05) is 35.3 Å². The summed E-state index contributed by atoms with van der Waals surface area (Å²) in [6.07, 6.45) is 3.03. The van der Waals surface area contributed by atoms with Crippen LogP contribution < -0.4 is 15.4 Å². The molecule has 2 heterocycles. The first kappa shape index (κ1) is 43.0. The fourth-order valence-corrected chi connectivity index (χ4v) is 7.70. The average Bonchev–Trinajstić information content (AvgIpc) is 3.59. The lowest BCUT2D eigenvalue weighted by Gasteiger charge is -2.14. The van der Waals surface area contributed by atoms with Gasteiger partial charge < -0.3 is 35.4 Å². The Hall–Kier alpha value is -4.74. The number of halogens is 2. The predicted octanol–water partition coefficient (Wildman–Crippen LogP) is 5.89. The first-order valence-corrected chi connectivity index (χ1v) is 20.3. The quantitative estimate of drug-likeness (QED) is 0.150. The Kier molecular flexibility index (Phi) is 14.6. The summed E-state index contributed by atoms with van der Waals surface area (Å²) in [5.41, 5.74) is 2.16. The number of rotatable bonds is 10. The Labute approximate surface area is 330 Å². The molecular weight excluding hydrogens is 791 g/mol. The van der Waals surface area contributed by atoms with Gasteiger partial charge in [-0.15, -0.1) is 0 Å². The Morgan fingerprint density at radius 3 is 1.62 bits per heavy atom. The summed E-state index contributed by atoms with van der Waals surface area (Å²) in [4.78, 5) is 29.1. The van der Waals surface area contributed by atoms with Crippen LogP contribution in [-0.2, 0) is 19.7 Å². The number of benzene rings is 4. The smallest absolute Gasteiger partial charge is 0.259 e. The molecular formula is C38H40Cl2N4O9S2. The largest absolute Gasteiger partial charge is 0.507 e. The molecule has 4 aromatic rings. The van der Waals surface area contributed by atoms with Crippen LogP contribution in [0.15, 0.2) is 93.4 Å². The molecule has 0 bridgehead atoms. The van der Waals surface area contributed by atoms with Crippen LogP contribution in [0, 0.1) is 0 Å². The summed E-state index contributed by atoms with van der Waals surface area (Å²) in [6.45, 7) is 2.13. The lowest BCUT2D eigenvalue weighted by Crippen LogP contribution is -2.21. The minimum atomic E-state index is -3.45. The Bertz CT molecular complexity index is 2350. The number of hydrogen-bond acceptors (Lipinski definition) is 11. The topological polar surface area (TPSA) is 183 Å². The summed E-state index contributed by atoms with van der Waals surface area (Å²) < 4.78 is 53.3. The van der Waals surface area contributed by atoms with Gasteiger partial charge in [-0.2, -0.15) is 0 Å². The number of aromatic hydroxyl groups is 1. The molecule has 6 rings (SSSR count). The second kappa shape index (κ2) is 18.7. The molecule has 17 heteroatoms. The van der Waals surface area contributed by atoms with Gasteiger partial charge in [0.1, 0.15) is 18.1 Å². The molecule has 292 valence electrons. The van der Waals surface area contributed by atoms with Crippen molar-refractivity contribution in [2.75, 3.05) is 65.1 Å². The van der Waals surface area contributed by atoms with E-state index in [1.54, 1.807) is 36.4 Å². The number of phenolic OH excluding ortho intramolecular Hbond substituents is 1. The van der Waals surface area contributed by atoms with Gasteiger partial charge in [-0.25, -0.2) is 16.8 Å². The third kappa shape index (κ3) is 11.9. The van der Waals surface area contributed by atoms with E-state index in [9.17, 15) is 31.5 Å². The summed E-state index contributed by atoms with van der Waals surface area (Å²) in [5, 5.41) is 26.1. The number of nitrogens with one attached hydrogen (secondary N) is 2. The molecule has 0 saturated heterocycles. The highest BCUT2D eigenvalue weighted by Crippen LogP contribution is 2.32. The number of nitrogens with zero attached hydrogens (tertiary/aromatic N) is 2. The molecule has 0 aliphatic carbocycles. The van der Waals surface area contributed by atoms with Crippen LogP contribution in [0.3, 0.4) is 0 Å². The Morgan fingerprint density at radius 2 is 1.15 bits per heavy atom. The number of carbonyl (C=O) groups excluding carboxylic acids is 2. The third-order valence-electron chi connectivity index (χ3n) is 7.74. The molecule has 55 heavy (non-hydrogen) atoms. The van der Waals surface area contributed by atoms with E-state index in [0.29, 0.717) is 51.4 Å². The monoisotopic (exact) mass is 830 g/mol. The molecule has 4 aromatic carbocycles. The SMILES string of the molecule is CN(C)CCO.CN(C)CCOc1ccc(Cl)cc1C(=O)Nc1ccc2c(c1)S(=O)(=O)C=C2.O=C(Nc1ccc2c(c1)S(=O)(=O)C=C2)c1cc(Cl)ccc1O. The lowest BCUT2D eigenvalue weighted by atomic mass is 10.1. The maximum Gasteiger partial charge on any atom is 0.259 e. The van der Waals surface area contributed by atoms with Crippen LogP contribution in [0.4, 0.5) is 11.4 Å². The van der Waals surface area contributed by atoms with Crippen LogP contribution >= 0.6 is 23.2 Å². The van der Waals surface area contributed by atoms with Crippen molar-refractivity contribution in [3.63, 3.8) is 0 Å². The highest BCUT2D eigenvalue weighted by atomic mass is 35.5. The van der Waals surface area contributed by atoms with Crippen molar-refractivity contribution in [1.29, 1.82) is 0 Å². The molecule has 4 N–H and O–H groups in total. The maximum absolute atomic E-state index is 12.7. The van der Waals surface area contributed by atoms with Gasteiger partial charge in [0.25, 0.3) is 11.8 Å². The number of ether oxygens (including phenoxy) is 1. The molecule has 0 fully saturated rings. The number of amides is 2. The van der Waals surface area contributed by atoms with Crippen molar-refractivity contribution in [2.24, 2.45) is 0 Å². The fourth-order valence-electron chi connectivity index (χ4n) is 4.90. The van der Waals surface area contributed by atoms with Crippen molar-refractivity contribution in [1.82, 2.24) is 9.80 Å². The highest BCUT2D eigenvalue weighted by molar-refractivity contribution is 7.95. The first-order valence-electron chi connectivity index (χ1n) is 16.5. The Morgan fingerprint density at radius 1 is 0.673 bits per heavy atom. The Balaban J connectivity index is 0.000000216. The van der Waals surface area contributed by atoms with E-state index in [2.05, 4.69) is 10.6 Å². The second-order valence-corrected chi connectivity index (χ2v) is 17.1. The number of phenols is 1. The predicted molar refractivity (Wildman–Crippen MR) is 215 cm³/mol. The molecule has 0 radical (unpaired) electrons. The van der Waals surface area contributed by atoms with Crippen molar-refractivity contribution in [3.05, 3.63) is 116 Å². The van der Waals surface area contributed by atoms with Gasteiger partial charge in [0.2, 0.25) is 19.7 Å². The minimum absolute atomic E-state index is 0.00832. The summed E-state index contributed by atoms with van der Waals surface area (Å²) in [5.74, 6) is -0.810. The van der Waals surface area contributed by atoms with Crippen molar-refractivity contribution in [2.45, 2.75) is 9.79 Å². The van der Waals surface area contributed by atoms with Crippen LogP contribution in [0.2, 0.25) is 10.0 Å². The van der Waals surface area contributed by atoms with Gasteiger partial charge in [0.05, 0.1) is 27.5 Å². The number of anilines is 2. The number of fused-ring (bicyclic) bond motifs is 2. The molecule has 2 aliphatic heterocycles. The molecule has 2 amide bonds. The number of carbonyl (C=O) groups is 2. The minimum Gasteiger partial charge on any atom is -0.507 e. The molecule has 13 nitrogen and oxygen atoms in total. The van der Waals surface area contributed by atoms with Crippen LogP contribution in [0.25, 0.3) is 12.2 Å². The van der Waals surface area contributed by atoms with E-state index in [4.69, 9.17) is 33.0 Å². The van der Waals surface area contributed by atoms with Crippen molar-refractivity contribution >= 4 is 78.2 Å². The molecule has 0 aromatic heterocycles. The zero-order valence-electron chi connectivity index (χ0n) is 30.3. The molecule has 0 atom stereocenters. The zero-order valence-corrected chi connectivity index (χ0v) is 33.4. The normalized spacial score (nSPS) is 13.9. The van der Waals surface area contributed by atoms with E-state index >= 15 is 0 Å². The van der Waals surface area contributed by atoms with Gasteiger partial charge in [-0.05, 0) is 112 Å². The molecule has 0 unspecified atom stereocenters. The van der Waals surface area contributed by atoms with E-state index in [-0.39, 0.29) is 33.3 Å². The number of likely N-dealkylation sites (N-methyl/N-ethyl adjacent to an activating group) is 2. The van der Waals surface area contributed by atoms with Crippen LogP contribution in [0.1, 0.15) is 31.8 Å². The van der Waals surface area contributed by atoms with Crippen LogP contribution in [0.5, 0.6) is 11.5 Å². The van der Waals surface area contributed by atoms with Crippen molar-refractivity contribution < 1.29 is 41.4 Å². The fraction of sp³-hybridized carbons (Fsp3) is 0.211. The summed E-state index contributed by atoms with van der Waals surface area (Å²) >= 11 is 11.8. The highest BCUT2D eigenvalue weighted by Gasteiger charge is 2.23. The molecule has 0 saturated carbocycles. The standard InChI is InChI=1S/C19H19ClN2O4S.C15H10ClNO4S.C4H11NO/c1-22(2)8-9-26-17-6-4-14(20)11-16(17)19(23)21-15-5-3-13-7-10-27(24,25)18(13)12-15;16-10-2-4-13(18)12(7-10)15(19)17-11-3-1-9-5-6-22(20,21)14(9)8-11;1-5(2)3-4-6/h3-7,10-12H,8-9H2,1-2H3,(H,21,23);1-8,18H,(H,17,19);6H,3-4H2,1-2H3. The van der Waals surface area contributed by atoms with Gasteiger partial charge in [0.15, 0.2) is 0 Å². The zero-order chi connectivity index (χ0) is 40.5. The summed E-state index contributed by atoms with van der Waals surface area (Å²) in [6, 6.07) is 18.2. The number of aliphatic hydroxyl groups is 1. The van der Waals surface area contributed by atoms with Gasteiger partial charge >= 0.3 is 0 Å². The maximum atomic E-state index is 12.7. The number of aliphatic hydroxyl groups excluding tert-OH is 1. The van der Waals surface area contributed by atoms with E-state index in [1.807, 2.05) is 38.0 Å². The van der Waals surface area contributed by atoms with E-state index < -0.39 is 31.5 Å². The molecule has 2 aliphatic rings. The third-order valence-corrected chi connectivity index (χ3v) is 11.1. The first-order chi connectivity index (χ1) is 25.9. The van der Waals surface area contributed by atoms with Gasteiger partial charge in [-0.3, -0.25) is 9.59 Å². The number of hydrogen-bond donors (Lipinski definition) is 4. The van der Waals surface area contributed by atoms with E-state index in [1.165, 1.54) is 48.6 Å². The van der Waals surface area contributed by atoms with E-state index in [0.717, 1.165) is 17.4 Å². The lowest BCUT2D eigenvalue weighted by molar-refractivity contribution is 0.101. The molecule has 0 spiro atoms. The number of sulfone groups is 2. The van der Waals surface area contributed by atoms with Crippen LogP contribution in [-0.4, -0.2) is 103 Å².